The van der Waals surface area contributed by atoms with E-state index in [1.165, 1.54) is 0 Å². The first kappa shape index (κ1) is 17.2. The Morgan fingerprint density at radius 1 is 1.29 bits per heavy atom. The molecule has 1 aromatic carbocycles. The molecule has 2 aliphatic rings. The molecular weight excluding hydrogens is 306 g/mol. The molecule has 2 N–H and O–H groups in total. The molecule has 2 saturated heterocycles. The van der Waals surface area contributed by atoms with E-state index in [9.17, 15) is 15.0 Å². The zero-order chi connectivity index (χ0) is 17.3. The van der Waals surface area contributed by atoms with Gasteiger partial charge in [-0.25, -0.2) is 0 Å². The maximum atomic E-state index is 11.9. The third-order valence-electron chi connectivity index (χ3n) is 5.39. The maximum Gasteiger partial charge on any atom is 0.219 e. The normalized spacial score (nSPS) is 28.6. The number of rotatable bonds is 3. The van der Waals surface area contributed by atoms with E-state index < -0.39 is 0 Å². The summed E-state index contributed by atoms with van der Waals surface area (Å²) in [6.07, 6.45) is 0. The highest BCUT2D eigenvalue weighted by Gasteiger charge is 2.45. The number of carbonyl (C=O) groups is 1. The molecule has 0 spiro atoms. The van der Waals surface area contributed by atoms with Crippen molar-refractivity contribution in [3.05, 3.63) is 29.8 Å². The SMILES string of the molecule is CC(=O)N1C[C@@H]2CN(Cc3ccccc3O)CCN2[C@](C)(CO)C1. The molecule has 6 nitrogen and oxygen atoms in total. The maximum absolute atomic E-state index is 11.9. The number of hydrogen-bond donors (Lipinski definition) is 2. The smallest absolute Gasteiger partial charge is 0.219 e. The summed E-state index contributed by atoms with van der Waals surface area (Å²) >= 11 is 0. The van der Waals surface area contributed by atoms with Crippen molar-refractivity contribution in [3.63, 3.8) is 0 Å². The number of carbonyl (C=O) groups excluding carboxylic acids is 1. The standard InChI is InChI=1S/C18H27N3O3/c1-14(23)20-11-16-10-19(9-15-5-3-4-6-17(15)24)7-8-21(16)18(2,12-20)13-22/h3-6,16,22,24H,7-13H2,1-2H3/t16-,18-/m0/s1. The van der Waals surface area contributed by atoms with E-state index in [2.05, 4.69) is 9.80 Å². The van der Waals surface area contributed by atoms with Crippen molar-refractivity contribution >= 4 is 5.91 Å². The van der Waals surface area contributed by atoms with Crippen LogP contribution in [0.5, 0.6) is 5.75 Å². The van der Waals surface area contributed by atoms with E-state index in [0.29, 0.717) is 25.4 Å². The number of nitrogens with zero attached hydrogens (tertiary/aromatic N) is 3. The van der Waals surface area contributed by atoms with Crippen LogP contribution in [0.15, 0.2) is 24.3 Å². The van der Waals surface area contributed by atoms with Gasteiger partial charge in [-0.15, -0.1) is 0 Å². The van der Waals surface area contributed by atoms with Gasteiger partial charge in [0.05, 0.1) is 12.1 Å². The average molecular weight is 333 g/mol. The van der Waals surface area contributed by atoms with Gasteiger partial charge >= 0.3 is 0 Å². The van der Waals surface area contributed by atoms with Gasteiger partial charge in [-0.05, 0) is 13.0 Å². The zero-order valence-electron chi connectivity index (χ0n) is 14.5. The summed E-state index contributed by atoms with van der Waals surface area (Å²) < 4.78 is 0. The minimum Gasteiger partial charge on any atom is -0.508 e. The third-order valence-corrected chi connectivity index (χ3v) is 5.39. The highest BCUT2D eigenvalue weighted by atomic mass is 16.3. The number of aromatic hydroxyl groups is 1. The van der Waals surface area contributed by atoms with Crippen LogP contribution in [-0.4, -0.2) is 81.7 Å². The molecule has 0 unspecified atom stereocenters. The summed E-state index contributed by atoms with van der Waals surface area (Å²) in [6, 6.07) is 7.63. The number of phenolic OH excluding ortho intramolecular Hbond substituents is 1. The quantitative estimate of drug-likeness (QED) is 0.843. The molecule has 2 heterocycles. The summed E-state index contributed by atoms with van der Waals surface area (Å²) in [5, 5.41) is 19.9. The molecule has 132 valence electrons. The van der Waals surface area contributed by atoms with Crippen LogP contribution in [0.25, 0.3) is 0 Å². The number of piperazine rings is 2. The molecule has 0 aliphatic carbocycles. The first-order chi connectivity index (χ1) is 11.4. The van der Waals surface area contributed by atoms with E-state index in [1.54, 1.807) is 13.0 Å². The average Bonchev–Trinajstić information content (AvgIpc) is 2.56. The molecule has 0 aromatic heterocycles. The number of aliphatic hydroxyl groups is 1. The first-order valence-electron chi connectivity index (χ1n) is 8.55. The second-order valence-electron chi connectivity index (χ2n) is 7.27. The Kier molecular flexibility index (Phi) is 4.80. The summed E-state index contributed by atoms with van der Waals surface area (Å²) in [6.45, 7) is 8.23. The predicted octanol–water partition coefficient (Wildman–Crippen LogP) is 0.491. The lowest BCUT2D eigenvalue weighted by atomic mass is 9.91. The topological polar surface area (TPSA) is 67.2 Å². The van der Waals surface area contributed by atoms with Crippen LogP contribution in [-0.2, 0) is 11.3 Å². The zero-order valence-corrected chi connectivity index (χ0v) is 14.5. The van der Waals surface area contributed by atoms with Gasteiger partial charge in [0.25, 0.3) is 0 Å². The van der Waals surface area contributed by atoms with Crippen LogP contribution in [0, 0.1) is 0 Å². The lowest BCUT2D eigenvalue weighted by Gasteiger charge is -2.56. The fourth-order valence-electron chi connectivity index (χ4n) is 4.02. The number of hydrogen-bond acceptors (Lipinski definition) is 5. The van der Waals surface area contributed by atoms with Gasteiger partial charge in [-0.2, -0.15) is 0 Å². The van der Waals surface area contributed by atoms with Crippen molar-refractivity contribution in [2.75, 3.05) is 39.3 Å². The van der Waals surface area contributed by atoms with Crippen LogP contribution < -0.4 is 0 Å². The molecule has 0 saturated carbocycles. The monoisotopic (exact) mass is 333 g/mol. The highest BCUT2D eigenvalue weighted by Crippen LogP contribution is 2.29. The largest absolute Gasteiger partial charge is 0.508 e. The van der Waals surface area contributed by atoms with Crippen molar-refractivity contribution in [2.24, 2.45) is 0 Å². The van der Waals surface area contributed by atoms with Crippen molar-refractivity contribution in [1.82, 2.24) is 14.7 Å². The molecule has 24 heavy (non-hydrogen) atoms. The van der Waals surface area contributed by atoms with Gasteiger partial charge in [-0.1, -0.05) is 18.2 Å². The van der Waals surface area contributed by atoms with Gasteiger partial charge in [0, 0.05) is 57.8 Å². The fraction of sp³-hybridized carbons (Fsp3) is 0.611. The second kappa shape index (κ2) is 6.70. The summed E-state index contributed by atoms with van der Waals surface area (Å²) in [7, 11) is 0. The molecule has 2 fully saturated rings. The molecule has 2 atom stereocenters. The minimum atomic E-state index is -0.379. The van der Waals surface area contributed by atoms with Gasteiger partial charge < -0.3 is 15.1 Å². The second-order valence-corrected chi connectivity index (χ2v) is 7.27. The van der Waals surface area contributed by atoms with Gasteiger partial charge in [0.1, 0.15) is 5.75 Å². The van der Waals surface area contributed by atoms with E-state index in [0.717, 1.165) is 25.2 Å². The molecular formula is C18H27N3O3. The first-order valence-corrected chi connectivity index (χ1v) is 8.55. The highest BCUT2D eigenvalue weighted by molar-refractivity contribution is 5.73. The van der Waals surface area contributed by atoms with Crippen LogP contribution >= 0.6 is 0 Å². The van der Waals surface area contributed by atoms with Crippen LogP contribution in [0.1, 0.15) is 19.4 Å². The fourth-order valence-corrected chi connectivity index (χ4v) is 4.02. The van der Waals surface area contributed by atoms with E-state index in [1.807, 2.05) is 30.0 Å². The van der Waals surface area contributed by atoms with Crippen LogP contribution in [0.4, 0.5) is 0 Å². The Bertz CT molecular complexity index is 609. The molecule has 2 aliphatic heterocycles. The molecule has 0 radical (unpaired) electrons. The van der Waals surface area contributed by atoms with Crippen LogP contribution in [0.3, 0.4) is 0 Å². The van der Waals surface area contributed by atoms with E-state index in [-0.39, 0.29) is 24.1 Å². The Morgan fingerprint density at radius 2 is 2.04 bits per heavy atom. The molecule has 1 aromatic rings. The van der Waals surface area contributed by atoms with E-state index in [4.69, 9.17) is 0 Å². The number of benzene rings is 1. The molecule has 1 amide bonds. The number of aliphatic hydroxyl groups excluding tert-OH is 1. The molecule has 0 bridgehead atoms. The number of para-hydroxylation sites is 1. The summed E-state index contributed by atoms with van der Waals surface area (Å²) in [5.41, 5.74) is 0.547. The Hall–Kier alpha value is -1.63. The van der Waals surface area contributed by atoms with E-state index >= 15 is 0 Å². The lowest BCUT2D eigenvalue weighted by molar-refractivity contribution is -0.143. The van der Waals surface area contributed by atoms with Crippen LogP contribution in [0.2, 0.25) is 0 Å². The summed E-state index contributed by atoms with van der Waals surface area (Å²) in [5.74, 6) is 0.390. The van der Waals surface area contributed by atoms with Crippen molar-refractivity contribution < 1.29 is 15.0 Å². The summed E-state index contributed by atoms with van der Waals surface area (Å²) in [4.78, 5) is 18.4. The Balaban J connectivity index is 1.73. The van der Waals surface area contributed by atoms with Crippen molar-refractivity contribution in [1.29, 1.82) is 0 Å². The minimum absolute atomic E-state index is 0.0484. The third kappa shape index (κ3) is 3.27. The predicted molar refractivity (Wildman–Crippen MR) is 91.6 cm³/mol. The molecule has 6 heteroatoms. The van der Waals surface area contributed by atoms with Crippen molar-refractivity contribution in [2.45, 2.75) is 32.0 Å². The Morgan fingerprint density at radius 3 is 2.71 bits per heavy atom. The number of phenols is 1. The van der Waals surface area contributed by atoms with Gasteiger partial charge in [0.15, 0.2) is 0 Å². The van der Waals surface area contributed by atoms with Gasteiger partial charge in [0.2, 0.25) is 5.91 Å². The number of fused-ring (bicyclic) bond motifs is 1. The number of amides is 1. The Labute approximate surface area is 143 Å². The molecule has 3 rings (SSSR count). The lowest BCUT2D eigenvalue weighted by Crippen LogP contribution is -2.72. The van der Waals surface area contributed by atoms with Crippen molar-refractivity contribution in [3.8, 4) is 5.75 Å². The van der Waals surface area contributed by atoms with Gasteiger partial charge in [-0.3, -0.25) is 14.6 Å².